The fraction of sp³-hybridized carbons (Fsp3) is 0.500. The average Bonchev–Trinajstić information content (AvgIpc) is 3.00. The Labute approximate surface area is 113 Å². The molecule has 2 aromatic rings. The quantitative estimate of drug-likeness (QED) is 0.832. The summed E-state index contributed by atoms with van der Waals surface area (Å²) >= 11 is 1.82. The molecule has 2 aromatic heterocycles. The van der Waals surface area contributed by atoms with Gasteiger partial charge in [0, 0.05) is 23.8 Å². The van der Waals surface area contributed by atoms with Gasteiger partial charge in [-0.25, -0.2) is 4.98 Å². The maximum atomic E-state index is 6.23. The molecule has 0 spiro atoms. The first kappa shape index (κ1) is 13.3. The first-order valence-electron chi connectivity index (χ1n) is 6.60. The van der Waals surface area contributed by atoms with Crippen molar-refractivity contribution in [2.24, 2.45) is 5.73 Å². The molecule has 1 unspecified atom stereocenters. The maximum Gasteiger partial charge on any atom is 0.125 e. The Morgan fingerprint density at radius 3 is 3.11 bits per heavy atom. The molecule has 98 valence electrons. The lowest BCUT2D eigenvalue weighted by molar-refractivity contribution is 0.534. The highest BCUT2D eigenvalue weighted by Crippen LogP contribution is 2.18. The van der Waals surface area contributed by atoms with Crippen molar-refractivity contribution in [3.8, 4) is 0 Å². The lowest BCUT2D eigenvalue weighted by Crippen LogP contribution is -2.16. The molecule has 0 amide bonds. The molecule has 0 aromatic carbocycles. The second-order valence-corrected chi connectivity index (χ2v) is 5.59. The molecule has 0 radical (unpaired) electrons. The van der Waals surface area contributed by atoms with Gasteiger partial charge in [-0.2, -0.15) is 0 Å². The third-order valence-electron chi connectivity index (χ3n) is 3.06. The molecule has 3 nitrogen and oxygen atoms in total. The maximum absolute atomic E-state index is 6.23. The van der Waals surface area contributed by atoms with Crippen molar-refractivity contribution in [1.82, 2.24) is 9.55 Å². The van der Waals surface area contributed by atoms with Gasteiger partial charge in [-0.1, -0.05) is 13.0 Å². The Bertz CT molecular complexity index is 447. The number of hydrogen-bond acceptors (Lipinski definition) is 3. The van der Waals surface area contributed by atoms with Crippen molar-refractivity contribution >= 4 is 11.3 Å². The van der Waals surface area contributed by atoms with Crippen LogP contribution in [-0.2, 0) is 13.0 Å². The van der Waals surface area contributed by atoms with Crippen LogP contribution in [-0.4, -0.2) is 9.55 Å². The number of aryl methyl sites for hydroxylation is 2. The van der Waals surface area contributed by atoms with Gasteiger partial charge in [0.1, 0.15) is 5.82 Å². The van der Waals surface area contributed by atoms with Crippen LogP contribution in [0.3, 0.4) is 0 Å². The zero-order chi connectivity index (χ0) is 12.8. The van der Waals surface area contributed by atoms with E-state index in [1.54, 1.807) is 0 Å². The van der Waals surface area contributed by atoms with E-state index in [2.05, 4.69) is 34.0 Å². The van der Waals surface area contributed by atoms with Crippen molar-refractivity contribution in [3.63, 3.8) is 0 Å². The van der Waals surface area contributed by atoms with Crippen molar-refractivity contribution in [1.29, 1.82) is 0 Å². The van der Waals surface area contributed by atoms with Crippen LogP contribution in [0.25, 0.3) is 0 Å². The van der Waals surface area contributed by atoms with E-state index in [-0.39, 0.29) is 6.04 Å². The second kappa shape index (κ2) is 6.71. The molecule has 0 saturated carbocycles. The van der Waals surface area contributed by atoms with Crippen LogP contribution in [0.4, 0.5) is 0 Å². The number of hydrogen-bond donors (Lipinski definition) is 1. The summed E-state index contributed by atoms with van der Waals surface area (Å²) in [5, 5.41) is 2.13. The summed E-state index contributed by atoms with van der Waals surface area (Å²) in [6.07, 6.45) is 8.24. The summed E-state index contributed by atoms with van der Waals surface area (Å²) in [7, 11) is 0. The molecule has 0 fully saturated rings. The minimum absolute atomic E-state index is 0.0616. The summed E-state index contributed by atoms with van der Waals surface area (Å²) in [5.41, 5.74) is 6.23. The van der Waals surface area contributed by atoms with Gasteiger partial charge < -0.3 is 10.3 Å². The lowest BCUT2D eigenvalue weighted by atomic mass is 10.1. The smallest absolute Gasteiger partial charge is 0.125 e. The fourth-order valence-electron chi connectivity index (χ4n) is 2.16. The third kappa shape index (κ3) is 3.43. The Kier molecular flexibility index (Phi) is 4.96. The second-order valence-electron chi connectivity index (χ2n) is 4.56. The third-order valence-corrected chi connectivity index (χ3v) is 4.00. The van der Waals surface area contributed by atoms with Crippen LogP contribution in [0, 0.1) is 0 Å². The number of thiophene rings is 1. The van der Waals surface area contributed by atoms with E-state index in [9.17, 15) is 0 Å². The molecule has 2 heterocycles. The molecule has 2 N–H and O–H groups in total. The lowest BCUT2D eigenvalue weighted by Gasteiger charge is -2.13. The normalized spacial score (nSPS) is 12.8. The van der Waals surface area contributed by atoms with Gasteiger partial charge in [0.05, 0.1) is 6.04 Å². The van der Waals surface area contributed by atoms with Crippen molar-refractivity contribution in [3.05, 3.63) is 40.6 Å². The standard InChI is InChI=1S/C14H21N3S/c1-2-9-17-10-8-16-14(17)13(15)7-3-5-12-6-4-11-18-12/h4,6,8,10-11,13H,2-3,5,7,9,15H2,1H3. The minimum Gasteiger partial charge on any atom is -0.334 e. The van der Waals surface area contributed by atoms with Crippen LogP contribution in [0.1, 0.15) is 42.9 Å². The van der Waals surface area contributed by atoms with Crippen molar-refractivity contribution in [2.45, 2.75) is 45.2 Å². The van der Waals surface area contributed by atoms with Crippen molar-refractivity contribution in [2.75, 3.05) is 0 Å². The number of imidazole rings is 1. The largest absolute Gasteiger partial charge is 0.334 e. The zero-order valence-corrected chi connectivity index (χ0v) is 11.7. The Morgan fingerprint density at radius 2 is 2.39 bits per heavy atom. The first-order valence-corrected chi connectivity index (χ1v) is 7.48. The molecule has 18 heavy (non-hydrogen) atoms. The van der Waals surface area contributed by atoms with Gasteiger partial charge in [0.15, 0.2) is 0 Å². The van der Waals surface area contributed by atoms with Gasteiger partial charge in [0.2, 0.25) is 0 Å². The van der Waals surface area contributed by atoms with Crippen LogP contribution >= 0.6 is 11.3 Å². The molecule has 4 heteroatoms. The monoisotopic (exact) mass is 263 g/mol. The fourth-order valence-corrected chi connectivity index (χ4v) is 2.91. The van der Waals surface area contributed by atoms with E-state index in [1.165, 1.54) is 4.88 Å². The van der Waals surface area contributed by atoms with Crippen LogP contribution < -0.4 is 5.73 Å². The van der Waals surface area contributed by atoms with Gasteiger partial charge in [-0.3, -0.25) is 0 Å². The average molecular weight is 263 g/mol. The van der Waals surface area contributed by atoms with Gasteiger partial charge in [-0.05, 0) is 37.1 Å². The molecule has 0 aliphatic carbocycles. The van der Waals surface area contributed by atoms with E-state index in [1.807, 2.05) is 23.7 Å². The zero-order valence-electron chi connectivity index (χ0n) is 10.9. The van der Waals surface area contributed by atoms with Gasteiger partial charge in [0.25, 0.3) is 0 Å². The molecular formula is C14H21N3S. The van der Waals surface area contributed by atoms with E-state index >= 15 is 0 Å². The SMILES string of the molecule is CCCn1ccnc1C(N)CCCc1cccs1. The predicted octanol–water partition coefficient (Wildman–Crippen LogP) is 3.38. The molecule has 1 atom stereocenters. The van der Waals surface area contributed by atoms with Crippen LogP contribution in [0.5, 0.6) is 0 Å². The molecule has 0 aliphatic rings. The highest BCUT2D eigenvalue weighted by molar-refractivity contribution is 7.09. The van der Waals surface area contributed by atoms with Gasteiger partial charge >= 0.3 is 0 Å². The summed E-state index contributed by atoms with van der Waals surface area (Å²) in [4.78, 5) is 5.83. The Morgan fingerprint density at radius 1 is 1.50 bits per heavy atom. The molecule has 0 saturated heterocycles. The number of aromatic nitrogens is 2. The summed E-state index contributed by atoms with van der Waals surface area (Å²) in [6, 6.07) is 4.36. The van der Waals surface area contributed by atoms with E-state index in [0.717, 1.165) is 38.1 Å². The summed E-state index contributed by atoms with van der Waals surface area (Å²) < 4.78 is 2.18. The Balaban J connectivity index is 1.83. The summed E-state index contributed by atoms with van der Waals surface area (Å²) in [6.45, 7) is 3.18. The highest BCUT2D eigenvalue weighted by Gasteiger charge is 2.11. The first-order chi connectivity index (χ1) is 8.81. The number of nitrogens with two attached hydrogens (primary N) is 1. The topological polar surface area (TPSA) is 43.8 Å². The summed E-state index contributed by atoms with van der Waals surface area (Å²) in [5.74, 6) is 1.03. The van der Waals surface area contributed by atoms with E-state index in [4.69, 9.17) is 5.73 Å². The molecule has 0 aliphatic heterocycles. The van der Waals surface area contributed by atoms with E-state index in [0.29, 0.717) is 0 Å². The highest BCUT2D eigenvalue weighted by atomic mass is 32.1. The Hall–Kier alpha value is -1.13. The van der Waals surface area contributed by atoms with Crippen molar-refractivity contribution < 1.29 is 0 Å². The van der Waals surface area contributed by atoms with Crippen LogP contribution in [0.2, 0.25) is 0 Å². The van der Waals surface area contributed by atoms with Crippen LogP contribution in [0.15, 0.2) is 29.9 Å². The predicted molar refractivity (Wildman–Crippen MR) is 76.7 cm³/mol. The number of nitrogens with zero attached hydrogens (tertiary/aromatic N) is 2. The van der Waals surface area contributed by atoms with Gasteiger partial charge in [-0.15, -0.1) is 11.3 Å². The molecule has 0 bridgehead atoms. The number of rotatable bonds is 7. The molecule has 2 rings (SSSR count). The molecular weight excluding hydrogens is 242 g/mol. The minimum atomic E-state index is 0.0616. The van der Waals surface area contributed by atoms with E-state index < -0.39 is 0 Å².